The van der Waals surface area contributed by atoms with Crippen LogP contribution in [0.2, 0.25) is 0 Å². The lowest BCUT2D eigenvalue weighted by Gasteiger charge is -2.09. The number of carbonyl (C=O) groups excluding carboxylic acids is 3. The highest BCUT2D eigenvalue weighted by Gasteiger charge is 2.16. The van der Waals surface area contributed by atoms with Crippen molar-refractivity contribution in [3.8, 4) is 0 Å². The molecular weight excluding hydrogens is 220 g/mol. The second kappa shape index (κ2) is 7.10. The number of rotatable bonds is 5. The van der Waals surface area contributed by atoms with E-state index in [-0.39, 0.29) is 11.7 Å². The van der Waals surface area contributed by atoms with Crippen molar-refractivity contribution in [3.63, 3.8) is 0 Å². The third-order valence-electron chi connectivity index (χ3n) is 1.37. The first-order chi connectivity index (χ1) is 6.97. The number of ether oxygens (including phenoxy) is 1. The van der Waals surface area contributed by atoms with E-state index in [1.54, 1.807) is 13.8 Å². The Labute approximate surface area is 91.9 Å². The first-order valence-electron chi connectivity index (χ1n) is 4.34. The van der Waals surface area contributed by atoms with Gasteiger partial charge in [-0.25, -0.2) is 4.79 Å². The highest BCUT2D eigenvalue weighted by atomic mass is 32.2. The predicted octanol–water partition coefficient (Wildman–Crippen LogP) is -0.134. The van der Waals surface area contributed by atoms with E-state index in [4.69, 9.17) is 5.73 Å². The van der Waals surface area contributed by atoms with E-state index < -0.39 is 17.2 Å². The second-order valence-corrected chi connectivity index (χ2v) is 3.94. The van der Waals surface area contributed by atoms with Gasteiger partial charge in [-0.1, -0.05) is 0 Å². The van der Waals surface area contributed by atoms with Crippen molar-refractivity contribution in [1.82, 2.24) is 5.32 Å². The van der Waals surface area contributed by atoms with Gasteiger partial charge in [-0.15, -0.1) is 11.8 Å². The third kappa shape index (κ3) is 6.78. The van der Waals surface area contributed by atoms with Gasteiger partial charge in [0.05, 0.1) is 17.6 Å². The lowest BCUT2D eigenvalue weighted by molar-refractivity contribution is -0.139. The van der Waals surface area contributed by atoms with Gasteiger partial charge >= 0.3 is 12.0 Å². The molecule has 0 aliphatic carbocycles. The average molecular weight is 234 g/mol. The van der Waals surface area contributed by atoms with E-state index in [1.807, 2.05) is 5.32 Å². The lowest BCUT2D eigenvalue weighted by Crippen LogP contribution is -2.39. The van der Waals surface area contributed by atoms with Gasteiger partial charge in [0, 0.05) is 0 Å². The van der Waals surface area contributed by atoms with Crippen LogP contribution in [0.5, 0.6) is 0 Å². The molecule has 15 heavy (non-hydrogen) atoms. The van der Waals surface area contributed by atoms with E-state index in [0.717, 1.165) is 11.8 Å². The zero-order valence-electron chi connectivity index (χ0n) is 8.61. The number of amides is 3. The molecule has 0 spiro atoms. The Morgan fingerprint density at radius 1 is 1.47 bits per heavy atom. The second-order valence-electron chi connectivity index (χ2n) is 2.61. The van der Waals surface area contributed by atoms with Crippen LogP contribution in [0.1, 0.15) is 13.8 Å². The number of thioether (sulfide) groups is 1. The molecule has 0 aliphatic rings. The molecule has 1 atom stereocenters. The number of nitrogens with one attached hydrogen (secondary N) is 1. The topological polar surface area (TPSA) is 98.5 Å². The van der Waals surface area contributed by atoms with Crippen molar-refractivity contribution >= 4 is 29.7 Å². The Balaban J connectivity index is 3.82. The fourth-order valence-electron chi connectivity index (χ4n) is 0.694. The van der Waals surface area contributed by atoms with Crippen molar-refractivity contribution in [3.05, 3.63) is 0 Å². The molecule has 0 aromatic rings. The van der Waals surface area contributed by atoms with Gasteiger partial charge in [-0.2, -0.15) is 0 Å². The van der Waals surface area contributed by atoms with Gasteiger partial charge < -0.3 is 10.5 Å². The fourth-order valence-corrected chi connectivity index (χ4v) is 1.37. The van der Waals surface area contributed by atoms with Crippen LogP contribution in [0.25, 0.3) is 0 Å². The Kier molecular flexibility index (Phi) is 6.52. The minimum Gasteiger partial charge on any atom is -0.465 e. The van der Waals surface area contributed by atoms with Crippen molar-refractivity contribution < 1.29 is 19.1 Å². The predicted molar refractivity (Wildman–Crippen MR) is 56.3 cm³/mol. The summed E-state index contributed by atoms with van der Waals surface area (Å²) in [6, 6.07) is -0.899. The van der Waals surface area contributed by atoms with Gasteiger partial charge in [0.15, 0.2) is 0 Å². The molecule has 86 valence electrons. The van der Waals surface area contributed by atoms with Crippen LogP contribution < -0.4 is 11.1 Å². The number of hydrogen-bond donors (Lipinski definition) is 2. The number of hydrogen-bond acceptors (Lipinski definition) is 5. The van der Waals surface area contributed by atoms with Crippen molar-refractivity contribution in [1.29, 1.82) is 0 Å². The molecule has 1 unspecified atom stereocenters. The molecule has 6 nitrogen and oxygen atoms in total. The Hall–Kier alpha value is -1.24. The number of nitrogens with two attached hydrogens (primary N) is 1. The standard InChI is InChI=1S/C8H14N2O4S/c1-3-14-6(11)4-15-5(2)7(12)10-8(9)13/h5H,3-4H2,1-2H3,(H3,9,10,12,13). The summed E-state index contributed by atoms with van der Waals surface area (Å²) in [6.07, 6.45) is 0. The number of esters is 1. The number of carbonyl (C=O) groups is 3. The van der Waals surface area contributed by atoms with Gasteiger partial charge in [0.2, 0.25) is 5.91 Å². The van der Waals surface area contributed by atoms with Crippen LogP contribution in [0.15, 0.2) is 0 Å². The minimum absolute atomic E-state index is 0.0706. The normalized spacial score (nSPS) is 11.6. The van der Waals surface area contributed by atoms with E-state index >= 15 is 0 Å². The molecule has 3 amide bonds. The SMILES string of the molecule is CCOC(=O)CSC(C)C(=O)NC(N)=O. The first kappa shape index (κ1) is 13.8. The number of primary amides is 1. The summed E-state index contributed by atoms with van der Waals surface area (Å²) < 4.78 is 4.67. The maximum atomic E-state index is 11.1. The molecule has 0 radical (unpaired) electrons. The van der Waals surface area contributed by atoms with Gasteiger partial charge in [-0.05, 0) is 13.8 Å². The number of urea groups is 1. The molecule has 0 aromatic heterocycles. The third-order valence-corrected chi connectivity index (χ3v) is 2.49. The molecular formula is C8H14N2O4S. The van der Waals surface area contributed by atoms with Crippen molar-refractivity contribution in [2.75, 3.05) is 12.4 Å². The minimum atomic E-state index is -0.899. The fraction of sp³-hybridized carbons (Fsp3) is 0.625. The zero-order valence-corrected chi connectivity index (χ0v) is 9.43. The largest absolute Gasteiger partial charge is 0.465 e. The molecule has 0 aromatic carbocycles. The molecule has 0 heterocycles. The summed E-state index contributed by atoms with van der Waals surface area (Å²) >= 11 is 1.08. The van der Waals surface area contributed by atoms with E-state index in [1.165, 1.54) is 0 Å². The van der Waals surface area contributed by atoms with Crippen molar-refractivity contribution in [2.24, 2.45) is 5.73 Å². The van der Waals surface area contributed by atoms with Gasteiger partial charge in [0.25, 0.3) is 0 Å². The van der Waals surface area contributed by atoms with Crippen LogP contribution in [-0.2, 0) is 14.3 Å². The molecule has 7 heteroatoms. The van der Waals surface area contributed by atoms with Crippen molar-refractivity contribution in [2.45, 2.75) is 19.1 Å². The van der Waals surface area contributed by atoms with Crippen LogP contribution in [-0.4, -0.2) is 35.5 Å². The van der Waals surface area contributed by atoms with E-state index in [2.05, 4.69) is 4.74 Å². The van der Waals surface area contributed by atoms with Gasteiger partial charge in [-0.3, -0.25) is 14.9 Å². The molecule has 0 saturated carbocycles. The first-order valence-corrected chi connectivity index (χ1v) is 5.39. The maximum Gasteiger partial charge on any atom is 0.318 e. The Morgan fingerprint density at radius 2 is 2.07 bits per heavy atom. The number of imide groups is 1. The summed E-state index contributed by atoms with van der Waals surface area (Å²) in [7, 11) is 0. The quantitative estimate of drug-likeness (QED) is 0.645. The monoisotopic (exact) mass is 234 g/mol. The van der Waals surface area contributed by atoms with E-state index in [9.17, 15) is 14.4 Å². The molecule has 0 rings (SSSR count). The Morgan fingerprint density at radius 3 is 2.53 bits per heavy atom. The highest BCUT2D eigenvalue weighted by molar-refractivity contribution is 8.01. The summed E-state index contributed by atoms with van der Waals surface area (Å²) in [5.41, 5.74) is 4.76. The smallest absolute Gasteiger partial charge is 0.318 e. The molecule has 0 fully saturated rings. The molecule has 0 bridgehead atoms. The molecule has 0 aliphatic heterocycles. The van der Waals surface area contributed by atoms with Crippen LogP contribution in [0, 0.1) is 0 Å². The molecule has 0 saturated heterocycles. The van der Waals surface area contributed by atoms with Crippen LogP contribution >= 0.6 is 11.8 Å². The lowest BCUT2D eigenvalue weighted by atomic mass is 10.4. The summed E-state index contributed by atoms with van der Waals surface area (Å²) in [5.74, 6) is -0.834. The van der Waals surface area contributed by atoms with Crippen LogP contribution in [0.3, 0.4) is 0 Å². The maximum absolute atomic E-state index is 11.1. The zero-order chi connectivity index (χ0) is 11.8. The average Bonchev–Trinajstić information content (AvgIpc) is 2.13. The summed E-state index contributed by atoms with van der Waals surface area (Å²) in [6.45, 7) is 3.58. The van der Waals surface area contributed by atoms with E-state index in [0.29, 0.717) is 6.61 Å². The van der Waals surface area contributed by atoms with Gasteiger partial charge in [0.1, 0.15) is 0 Å². The Bertz CT molecular complexity index is 257. The highest BCUT2D eigenvalue weighted by Crippen LogP contribution is 2.10. The summed E-state index contributed by atoms with van der Waals surface area (Å²) in [5, 5.41) is 1.40. The molecule has 3 N–H and O–H groups in total. The summed E-state index contributed by atoms with van der Waals surface area (Å²) in [4.78, 5) is 32.4. The van der Waals surface area contributed by atoms with Crippen LogP contribution in [0.4, 0.5) is 4.79 Å².